The minimum Gasteiger partial charge on any atom is -0.496 e. The molecule has 1 unspecified atom stereocenters. The summed E-state index contributed by atoms with van der Waals surface area (Å²) < 4.78 is 5.26. The Morgan fingerprint density at radius 1 is 1.16 bits per heavy atom. The third-order valence-corrected chi connectivity index (χ3v) is 4.11. The van der Waals surface area contributed by atoms with Crippen LogP contribution < -0.4 is 10.1 Å². The van der Waals surface area contributed by atoms with Crippen molar-refractivity contribution >= 4 is 17.6 Å². The molecule has 2 N–H and O–H groups in total. The number of para-hydroxylation sites is 1. The molecule has 0 aliphatic carbocycles. The van der Waals surface area contributed by atoms with Crippen molar-refractivity contribution in [2.45, 2.75) is 26.7 Å². The van der Waals surface area contributed by atoms with Gasteiger partial charge in [0.15, 0.2) is 0 Å². The van der Waals surface area contributed by atoms with E-state index in [1.807, 2.05) is 50.2 Å². The first-order valence-electron chi connectivity index (χ1n) is 8.12. The highest BCUT2D eigenvalue weighted by Crippen LogP contribution is 2.23. The average molecular weight is 341 g/mol. The predicted molar refractivity (Wildman–Crippen MR) is 97.0 cm³/mol. The second-order valence-electron chi connectivity index (χ2n) is 6.12. The highest BCUT2D eigenvalue weighted by atomic mass is 16.5. The number of rotatable bonds is 7. The number of benzene rings is 2. The second kappa shape index (κ2) is 8.33. The van der Waals surface area contributed by atoms with E-state index in [4.69, 9.17) is 4.74 Å². The molecule has 0 saturated heterocycles. The first-order valence-corrected chi connectivity index (χ1v) is 8.12. The Morgan fingerprint density at radius 2 is 1.88 bits per heavy atom. The zero-order valence-corrected chi connectivity index (χ0v) is 14.7. The lowest BCUT2D eigenvalue weighted by Gasteiger charge is -2.15. The number of ether oxygens (including phenoxy) is 1. The SMILES string of the molecule is COc1ccccc1CC(CC(=O)Nc1cc(C)ccc1C)C(=O)O. The van der Waals surface area contributed by atoms with Gasteiger partial charge in [-0.15, -0.1) is 0 Å². The van der Waals surface area contributed by atoms with Crippen molar-refractivity contribution in [2.24, 2.45) is 5.92 Å². The van der Waals surface area contributed by atoms with Crippen LogP contribution in [0.3, 0.4) is 0 Å². The van der Waals surface area contributed by atoms with Crippen LogP contribution in [0.1, 0.15) is 23.1 Å². The van der Waals surface area contributed by atoms with Gasteiger partial charge < -0.3 is 15.2 Å². The van der Waals surface area contributed by atoms with Crippen molar-refractivity contribution in [3.05, 3.63) is 59.2 Å². The molecule has 5 nitrogen and oxygen atoms in total. The summed E-state index contributed by atoms with van der Waals surface area (Å²) in [6.45, 7) is 3.84. The quantitative estimate of drug-likeness (QED) is 0.807. The lowest BCUT2D eigenvalue weighted by atomic mass is 9.95. The minimum atomic E-state index is -0.998. The number of carboxylic acid groups (broad SMARTS) is 1. The number of anilines is 1. The van der Waals surface area contributed by atoms with E-state index in [2.05, 4.69) is 5.32 Å². The molecule has 25 heavy (non-hydrogen) atoms. The summed E-state index contributed by atoms with van der Waals surface area (Å²) in [6, 6.07) is 13.0. The Bertz CT molecular complexity index is 770. The molecule has 5 heteroatoms. The van der Waals surface area contributed by atoms with Gasteiger partial charge in [0.25, 0.3) is 0 Å². The van der Waals surface area contributed by atoms with E-state index in [-0.39, 0.29) is 18.7 Å². The normalized spacial score (nSPS) is 11.6. The molecule has 0 aromatic heterocycles. The predicted octanol–water partition coefficient (Wildman–Crippen LogP) is 3.58. The molecule has 0 saturated carbocycles. The molecule has 2 aromatic rings. The van der Waals surface area contributed by atoms with Crippen molar-refractivity contribution < 1.29 is 19.4 Å². The Kier molecular flexibility index (Phi) is 6.17. The van der Waals surface area contributed by atoms with E-state index in [1.165, 1.54) is 0 Å². The number of amides is 1. The smallest absolute Gasteiger partial charge is 0.307 e. The Morgan fingerprint density at radius 3 is 2.56 bits per heavy atom. The number of hydrogen-bond acceptors (Lipinski definition) is 3. The minimum absolute atomic E-state index is 0.0965. The highest BCUT2D eigenvalue weighted by molar-refractivity contribution is 5.93. The molecule has 1 atom stereocenters. The molecule has 0 radical (unpaired) electrons. The van der Waals surface area contributed by atoms with Gasteiger partial charge in [0.2, 0.25) is 5.91 Å². The van der Waals surface area contributed by atoms with Gasteiger partial charge in [-0.2, -0.15) is 0 Å². The van der Waals surface area contributed by atoms with E-state index >= 15 is 0 Å². The van der Waals surface area contributed by atoms with Crippen LogP contribution in [0.25, 0.3) is 0 Å². The number of aryl methyl sites for hydroxylation is 2. The number of methoxy groups -OCH3 is 1. The largest absolute Gasteiger partial charge is 0.496 e. The zero-order chi connectivity index (χ0) is 18.4. The van der Waals surface area contributed by atoms with Gasteiger partial charge >= 0.3 is 5.97 Å². The number of carbonyl (C=O) groups excluding carboxylic acids is 1. The Labute approximate surface area is 147 Å². The molecule has 132 valence electrons. The summed E-state index contributed by atoms with van der Waals surface area (Å²) in [5.41, 5.74) is 3.46. The first kappa shape index (κ1) is 18.5. The van der Waals surface area contributed by atoms with E-state index in [0.29, 0.717) is 11.4 Å². The molecule has 2 aromatic carbocycles. The third kappa shape index (κ3) is 5.08. The number of carboxylic acids is 1. The maximum atomic E-state index is 12.3. The molecule has 0 fully saturated rings. The van der Waals surface area contributed by atoms with Crippen LogP contribution in [0.4, 0.5) is 5.69 Å². The van der Waals surface area contributed by atoms with Crippen LogP contribution >= 0.6 is 0 Å². The summed E-state index contributed by atoms with van der Waals surface area (Å²) >= 11 is 0. The van der Waals surface area contributed by atoms with Crippen LogP contribution in [0, 0.1) is 19.8 Å². The molecule has 0 aliphatic rings. The van der Waals surface area contributed by atoms with Gasteiger partial charge in [0.1, 0.15) is 5.75 Å². The van der Waals surface area contributed by atoms with Crippen LogP contribution in [-0.4, -0.2) is 24.1 Å². The second-order valence-corrected chi connectivity index (χ2v) is 6.12. The summed E-state index contributed by atoms with van der Waals surface area (Å²) in [6.07, 6.45) is 0.139. The standard InChI is InChI=1S/C20H23NO4/c1-13-8-9-14(2)17(10-13)21-19(22)12-16(20(23)24)11-15-6-4-5-7-18(15)25-3/h4-10,16H,11-12H2,1-3H3,(H,21,22)(H,23,24). The van der Waals surface area contributed by atoms with E-state index in [9.17, 15) is 14.7 Å². The summed E-state index contributed by atoms with van der Waals surface area (Å²) in [5, 5.41) is 12.3. The number of nitrogens with one attached hydrogen (secondary N) is 1. The van der Waals surface area contributed by atoms with Gasteiger partial charge in [-0.1, -0.05) is 30.3 Å². The molecule has 0 aliphatic heterocycles. The number of carbonyl (C=O) groups is 2. The Hall–Kier alpha value is -2.82. The number of hydrogen-bond donors (Lipinski definition) is 2. The van der Waals surface area contributed by atoms with Gasteiger partial charge in [-0.25, -0.2) is 0 Å². The average Bonchev–Trinajstić information content (AvgIpc) is 2.58. The maximum Gasteiger partial charge on any atom is 0.307 e. The fraction of sp³-hybridized carbons (Fsp3) is 0.300. The highest BCUT2D eigenvalue weighted by Gasteiger charge is 2.23. The van der Waals surface area contributed by atoms with Gasteiger partial charge in [0, 0.05) is 12.1 Å². The molecule has 1 amide bonds. The van der Waals surface area contributed by atoms with Crippen molar-refractivity contribution in [2.75, 3.05) is 12.4 Å². The topological polar surface area (TPSA) is 75.6 Å². The van der Waals surface area contributed by atoms with E-state index in [0.717, 1.165) is 16.7 Å². The van der Waals surface area contributed by atoms with Gasteiger partial charge in [-0.3, -0.25) is 9.59 Å². The van der Waals surface area contributed by atoms with Gasteiger partial charge in [-0.05, 0) is 49.1 Å². The Balaban J connectivity index is 2.09. The molecular weight excluding hydrogens is 318 g/mol. The molecule has 0 heterocycles. The lowest BCUT2D eigenvalue weighted by molar-refractivity contribution is -0.143. The van der Waals surface area contributed by atoms with Crippen LogP contribution in [0.2, 0.25) is 0 Å². The molecular formula is C20H23NO4. The fourth-order valence-corrected chi connectivity index (χ4v) is 2.68. The van der Waals surface area contributed by atoms with Crippen molar-refractivity contribution in [1.82, 2.24) is 0 Å². The summed E-state index contributed by atoms with van der Waals surface area (Å²) in [5.74, 6) is -1.50. The van der Waals surface area contributed by atoms with Crippen LogP contribution in [0.15, 0.2) is 42.5 Å². The van der Waals surface area contributed by atoms with Crippen molar-refractivity contribution in [1.29, 1.82) is 0 Å². The molecule has 0 spiro atoms. The van der Waals surface area contributed by atoms with Crippen LogP contribution in [-0.2, 0) is 16.0 Å². The monoisotopic (exact) mass is 341 g/mol. The van der Waals surface area contributed by atoms with Gasteiger partial charge in [0.05, 0.1) is 13.0 Å². The summed E-state index contributed by atoms with van der Waals surface area (Å²) in [7, 11) is 1.54. The zero-order valence-electron chi connectivity index (χ0n) is 14.7. The first-order chi connectivity index (χ1) is 11.9. The van der Waals surface area contributed by atoms with Crippen molar-refractivity contribution in [3.8, 4) is 5.75 Å². The van der Waals surface area contributed by atoms with Crippen molar-refractivity contribution in [3.63, 3.8) is 0 Å². The lowest BCUT2D eigenvalue weighted by Crippen LogP contribution is -2.24. The number of aliphatic carboxylic acids is 1. The van der Waals surface area contributed by atoms with E-state index in [1.54, 1.807) is 13.2 Å². The molecule has 2 rings (SSSR count). The summed E-state index contributed by atoms with van der Waals surface area (Å²) in [4.78, 5) is 23.9. The molecule has 0 bridgehead atoms. The maximum absolute atomic E-state index is 12.3. The van der Waals surface area contributed by atoms with Crippen LogP contribution in [0.5, 0.6) is 5.75 Å². The van der Waals surface area contributed by atoms with E-state index < -0.39 is 11.9 Å². The third-order valence-electron chi connectivity index (χ3n) is 4.11. The fourth-order valence-electron chi connectivity index (χ4n) is 2.68.